The number of nitrogens with zero attached hydrogens (tertiary/aromatic N) is 3. The fourth-order valence-electron chi connectivity index (χ4n) is 2.16. The highest BCUT2D eigenvalue weighted by molar-refractivity contribution is 7.73. The highest BCUT2D eigenvalue weighted by atomic mass is 32.2. The maximum absolute atomic E-state index is 12.3. The first-order chi connectivity index (χ1) is 11.0. The van der Waals surface area contributed by atoms with Crippen LogP contribution in [0.2, 0.25) is 0 Å². The second-order valence-corrected chi connectivity index (χ2v) is 5.52. The molecule has 0 radical (unpaired) electrons. The molecule has 126 valence electrons. The molecule has 9 nitrogen and oxygen atoms in total. The number of nitrogens with one attached hydrogen (secondary N) is 1. The van der Waals surface area contributed by atoms with Crippen molar-refractivity contribution in [3.63, 3.8) is 0 Å². The van der Waals surface area contributed by atoms with Gasteiger partial charge in [-0.15, -0.1) is 0 Å². The predicted molar refractivity (Wildman–Crippen MR) is 82.7 cm³/mol. The smallest absolute Gasteiger partial charge is 0.409 e. The van der Waals surface area contributed by atoms with E-state index in [-0.39, 0.29) is 17.7 Å². The average molecular weight is 342 g/mol. The molecule has 2 amide bonds. The van der Waals surface area contributed by atoms with Gasteiger partial charge in [0.2, 0.25) is 10.9 Å². The molecule has 1 aromatic rings. The quantitative estimate of drug-likeness (QED) is 0.742. The van der Waals surface area contributed by atoms with Crippen LogP contribution < -0.4 is 4.72 Å². The fourth-order valence-corrected chi connectivity index (χ4v) is 2.50. The molecule has 23 heavy (non-hydrogen) atoms. The van der Waals surface area contributed by atoms with Gasteiger partial charge in [-0.2, -0.15) is 0 Å². The van der Waals surface area contributed by atoms with Crippen molar-refractivity contribution in [3.05, 3.63) is 24.0 Å². The second-order valence-electron chi connectivity index (χ2n) is 4.78. The van der Waals surface area contributed by atoms with Gasteiger partial charge in [0.15, 0.2) is 0 Å². The van der Waals surface area contributed by atoms with Crippen LogP contribution in [0.5, 0.6) is 0 Å². The van der Waals surface area contributed by atoms with E-state index in [4.69, 9.17) is 4.74 Å². The maximum atomic E-state index is 12.3. The third kappa shape index (κ3) is 4.55. The lowest BCUT2D eigenvalue weighted by molar-refractivity contribution is 0.0566. The van der Waals surface area contributed by atoms with E-state index in [2.05, 4.69) is 9.71 Å². The largest absolute Gasteiger partial charge is 0.450 e. The molecule has 2 heterocycles. The highest BCUT2D eigenvalue weighted by Gasteiger charge is 2.25. The predicted octanol–water partition coefficient (Wildman–Crippen LogP) is -0.0658. The summed E-state index contributed by atoms with van der Waals surface area (Å²) >= 11 is 0. The molecular formula is C13H18N4O5S. The summed E-state index contributed by atoms with van der Waals surface area (Å²) in [5.74, 6) is -0.258. The molecule has 1 saturated heterocycles. The molecule has 0 atom stereocenters. The Labute approximate surface area is 135 Å². The minimum absolute atomic E-state index is 0.223. The Morgan fingerprint density at radius 2 is 1.87 bits per heavy atom. The Balaban J connectivity index is 1.93. The fraction of sp³-hybridized carbons (Fsp3) is 0.462. The van der Waals surface area contributed by atoms with E-state index in [1.165, 1.54) is 18.3 Å². The number of carbonyl (C=O) groups excluding carboxylic acids is 2. The summed E-state index contributed by atoms with van der Waals surface area (Å²) in [6.45, 7) is 3.65. The number of anilines is 1. The molecule has 10 heteroatoms. The van der Waals surface area contributed by atoms with Crippen LogP contribution in [0.3, 0.4) is 0 Å². The van der Waals surface area contributed by atoms with Crippen LogP contribution in [0.15, 0.2) is 18.3 Å². The molecule has 1 aromatic heterocycles. The van der Waals surface area contributed by atoms with Gasteiger partial charge in [-0.25, -0.2) is 18.2 Å². The van der Waals surface area contributed by atoms with Crippen molar-refractivity contribution >= 4 is 28.6 Å². The molecule has 0 unspecified atom stereocenters. The number of hydrogen-bond donors (Lipinski definition) is 2. The first kappa shape index (κ1) is 17.0. The van der Waals surface area contributed by atoms with Gasteiger partial charge in [0.25, 0.3) is 5.91 Å². The number of piperazine rings is 1. The van der Waals surface area contributed by atoms with Crippen molar-refractivity contribution in [2.24, 2.45) is 0 Å². The Hall–Kier alpha value is -2.36. The summed E-state index contributed by atoms with van der Waals surface area (Å²) in [6, 6.07) is 2.93. The molecule has 1 aliphatic heterocycles. The lowest BCUT2D eigenvalue weighted by atomic mass is 10.2. The van der Waals surface area contributed by atoms with Gasteiger partial charge in [-0.05, 0) is 19.1 Å². The first-order valence-electron chi connectivity index (χ1n) is 7.09. The molecule has 1 N–H and O–H groups in total. The van der Waals surface area contributed by atoms with Gasteiger partial charge < -0.3 is 14.5 Å². The van der Waals surface area contributed by atoms with Gasteiger partial charge in [-0.1, -0.05) is 0 Å². The number of thiol groups is 1. The number of pyridine rings is 1. The minimum atomic E-state index is -2.76. The molecule has 0 spiro atoms. The summed E-state index contributed by atoms with van der Waals surface area (Å²) in [7, 11) is -2.76. The minimum Gasteiger partial charge on any atom is -0.450 e. The zero-order chi connectivity index (χ0) is 16.8. The Kier molecular flexibility index (Phi) is 5.74. The van der Waals surface area contributed by atoms with Crippen molar-refractivity contribution in [3.8, 4) is 0 Å². The number of hydrogen-bond acceptors (Lipinski definition) is 6. The molecule has 0 aliphatic carbocycles. The van der Waals surface area contributed by atoms with E-state index in [1.807, 2.05) is 0 Å². The Bertz CT molecular complexity index is 630. The summed E-state index contributed by atoms with van der Waals surface area (Å²) in [5.41, 5.74) is 0.519. The number of ether oxygens (including phenoxy) is 1. The first-order valence-corrected chi connectivity index (χ1v) is 8.27. The van der Waals surface area contributed by atoms with Crippen molar-refractivity contribution in [1.82, 2.24) is 14.8 Å². The average Bonchev–Trinajstić information content (AvgIpc) is 2.55. The lowest BCUT2D eigenvalue weighted by Gasteiger charge is -2.33. The summed E-state index contributed by atoms with van der Waals surface area (Å²) in [4.78, 5) is 31.0. The molecule has 0 aromatic carbocycles. The zero-order valence-electron chi connectivity index (χ0n) is 12.6. The van der Waals surface area contributed by atoms with Crippen molar-refractivity contribution in [2.75, 3.05) is 37.5 Å². The number of carbonyl (C=O) groups is 2. The van der Waals surface area contributed by atoms with E-state index in [0.717, 1.165) is 0 Å². The monoisotopic (exact) mass is 342 g/mol. The number of rotatable bonds is 4. The number of aromatic nitrogens is 1. The topological polar surface area (TPSA) is 109 Å². The highest BCUT2D eigenvalue weighted by Crippen LogP contribution is 2.11. The summed E-state index contributed by atoms with van der Waals surface area (Å²) < 4.78 is 28.2. The van der Waals surface area contributed by atoms with E-state index in [9.17, 15) is 18.0 Å². The standard InChI is InChI=1S/C13H18N4O5S/c1-2-22-13(19)17-7-5-16(6-8-17)12(18)11-4-3-10(9-14-11)15-23(20)21/h3-4,9,23H,2,5-8H2,1H3,(H,15,20,21). The molecular weight excluding hydrogens is 324 g/mol. The van der Waals surface area contributed by atoms with E-state index < -0.39 is 10.9 Å². The maximum Gasteiger partial charge on any atom is 0.409 e. The zero-order valence-corrected chi connectivity index (χ0v) is 13.5. The van der Waals surface area contributed by atoms with Gasteiger partial charge in [0.05, 0.1) is 18.5 Å². The normalized spacial score (nSPS) is 14.7. The van der Waals surface area contributed by atoms with Crippen LogP contribution in [0.1, 0.15) is 17.4 Å². The van der Waals surface area contributed by atoms with Gasteiger partial charge in [0, 0.05) is 26.2 Å². The van der Waals surface area contributed by atoms with Crippen LogP contribution in [0, 0.1) is 0 Å². The molecule has 1 aliphatic rings. The van der Waals surface area contributed by atoms with E-state index in [0.29, 0.717) is 38.5 Å². The summed E-state index contributed by atoms with van der Waals surface area (Å²) in [5, 5.41) is 0. The Morgan fingerprint density at radius 3 is 2.39 bits per heavy atom. The van der Waals surface area contributed by atoms with E-state index in [1.54, 1.807) is 16.7 Å². The van der Waals surface area contributed by atoms with Crippen molar-refractivity contribution < 1.29 is 22.7 Å². The molecule has 0 saturated carbocycles. The van der Waals surface area contributed by atoms with E-state index >= 15 is 0 Å². The molecule has 0 bridgehead atoms. The van der Waals surface area contributed by atoms with Gasteiger partial charge in [0.1, 0.15) is 5.69 Å². The van der Waals surface area contributed by atoms with Crippen LogP contribution in [0.25, 0.3) is 0 Å². The third-order valence-corrected chi connectivity index (χ3v) is 3.74. The van der Waals surface area contributed by atoms with Gasteiger partial charge in [-0.3, -0.25) is 9.52 Å². The molecule has 2 rings (SSSR count). The van der Waals surface area contributed by atoms with Crippen molar-refractivity contribution in [2.45, 2.75) is 6.92 Å². The van der Waals surface area contributed by atoms with Crippen molar-refractivity contribution in [1.29, 1.82) is 0 Å². The van der Waals surface area contributed by atoms with Gasteiger partial charge >= 0.3 is 6.09 Å². The number of amides is 2. The van der Waals surface area contributed by atoms with Crippen LogP contribution in [0.4, 0.5) is 10.5 Å². The Morgan fingerprint density at radius 1 is 1.22 bits per heavy atom. The SMILES string of the molecule is CCOC(=O)N1CCN(C(=O)c2ccc(N[SH](=O)=O)cn2)CC1. The molecule has 1 fully saturated rings. The van der Waals surface area contributed by atoms with Crippen LogP contribution >= 0.6 is 0 Å². The van der Waals surface area contributed by atoms with Crippen LogP contribution in [-0.4, -0.2) is 68.0 Å². The van der Waals surface area contributed by atoms with Crippen LogP contribution in [-0.2, 0) is 15.6 Å². The summed E-state index contributed by atoms with van der Waals surface area (Å²) in [6.07, 6.45) is 0.910. The third-order valence-electron chi connectivity index (χ3n) is 3.30. The second kappa shape index (κ2) is 7.77. The lowest BCUT2D eigenvalue weighted by Crippen LogP contribution is -2.50.